The van der Waals surface area contributed by atoms with E-state index in [-0.39, 0.29) is 0 Å². The lowest BCUT2D eigenvalue weighted by Crippen LogP contribution is -2.35. The Balaban J connectivity index is 2.08. The summed E-state index contributed by atoms with van der Waals surface area (Å²) in [7, 11) is 0. The Hall–Kier alpha value is -0.0800. The van der Waals surface area contributed by atoms with E-state index < -0.39 is 0 Å². The summed E-state index contributed by atoms with van der Waals surface area (Å²) >= 11 is 0. The Morgan fingerprint density at radius 2 is 1.88 bits per heavy atom. The SMILES string of the molecule is CCNC(C)C1(CCOCCC(C)C)CC1. The van der Waals surface area contributed by atoms with Gasteiger partial charge in [0.05, 0.1) is 0 Å². The average molecular weight is 227 g/mol. The summed E-state index contributed by atoms with van der Waals surface area (Å²) in [5.74, 6) is 0.760. The third-order valence-electron chi connectivity index (χ3n) is 3.90. The van der Waals surface area contributed by atoms with Crippen molar-refractivity contribution in [2.75, 3.05) is 19.8 Å². The van der Waals surface area contributed by atoms with Crippen molar-refractivity contribution < 1.29 is 4.74 Å². The fourth-order valence-electron chi connectivity index (χ4n) is 2.28. The van der Waals surface area contributed by atoms with Crippen molar-refractivity contribution in [2.45, 2.75) is 59.4 Å². The van der Waals surface area contributed by atoms with Crippen LogP contribution in [0.5, 0.6) is 0 Å². The minimum atomic E-state index is 0.563. The quantitative estimate of drug-likeness (QED) is 0.611. The van der Waals surface area contributed by atoms with Crippen LogP contribution >= 0.6 is 0 Å². The summed E-state index contributed by atoms with van der Waals surface area (Å²) in [6.07, 6.45) is 5.19. The molecule has 0 aromatic heterocycles. The lowest BCUT2D eigenvalue weighted by atomic mass is 9.94. The normalized spacial score (nSPS) is 20.1. The van der Waals surface area contributed by atoms with Gasteiger partial charge < -0.3 is 10.1 Å². The number of hydrogen-bond acceptors (Lipinski definition) is 2. The molecule has 16 heavy (non-hydrogen) atoms. The summed E-state index contributed by atoms with van der Waals surface area (Å²) in [4.78, 5) is 0. The van der Waals surface area contributed by atoms with Crippen molar-refractivity contribution in [2.24, 2.45) is 11.3 Å². The van der Waals surface area contributed by atoms with E-state index in [9.17, 15) is 0 Å². The molecule has 2 heteroatoms. The average Bonchev–Trinajstić information content (AvgIpc) is 2.98. The molecule has 1 rings (SSSR count). The summed E-state index contributed by atoms with van der Waals surface area (Å²) in [5, 5.41) is 3.55. The molecule has 1 unspecified atom stereocenters. The van der Waals surface area contributed by atoms with Crippen LogP contribution in [0.3, 0.4) is 0 Å². The van der Waals surface area contributed by atoms with Gasteiger partial charge >= 0.3 is 0 Å². The van der Waals surface area contributed by atoms with E-state index in [4.69, 9.17) is 4.74 Å². The number of rotatable bonds is 9. The molecule has 0 radical (unpaired) electrons. The van der Waals surface area contributed by atoms with Crippen LogP contribution < -0.4 is 5.32 Å². The first-order valence-corrected chi connectivity index (χ1v) is 6.92. The van der Waals surface area contributed by atoms with Crippen molar-refractivity contribution in [3.8, 4) is 0 Å². The highest BCUT2D eigenvalue weighted by molar-refractivity contribution is 4.99. The maximum absolute atomic E-state index is 5.72. The molecular formula is C14H29NO. The lowest BCUT2D eigenvalue weighted by Gasteiger charge is -2.24. The standard InChI is InChI=1S/C14H29NO/c1-5-15-13(4)14(7-8-14)9-11-16-10-6-12(2)3/h12-13,15H,5-11H2,1-4H3. The third-order valence-corrected chi connectivity index (χ3v) is 3.90. The molecule has 2 nitrogen and oxygen atoms in total. The van der Waals surface area contributed by atoms with Crippen LogP contribution in [0.25, 0.3) is 0 Å². The summed E-state index contributed by atoms with van der Waals surface area (Å²) in [6.45, 7) is 12.0. The summed E-state index contributed by atoms with van der Waals surface area (Å²) in [5.41, 5.74) is 0.563. The molecule has 0 bridgehead atoms. The molecule has 0 aliphatic heterocycles. The predicted octanol–water partition coefficient (Wildman–Crippen LogP) is 3.22. The minimum Gasteiger partial charge on any atom is -0.381 e. The van der Waals surface area contributed by atoms with Crippen LogP contribution in [0.2, 0.25) is 0 Å². The number of ether oxygens (including phenoxy) is 1. The lowest BCUT2D eigenvalue weighted by molar-refractivity contribution is 0.102. The molecule has 1 aliphatic carbocycles. The molecule has 0 aromatic rings. The van der Waals surface area contributed by atoms with Crippen LogP contribution in [0.1, 0.15) is 53.4 Å². The molecule has 0 amide bonds. The molecular weight excluding hydrogens is 198 g/mol. The summed E-state index contributed by atoms with van der Waals surface area (Å²) in [6, 6.07) is 0.659. The second kappa shape index (κ2) is 6.61. The molecule has 1 N–H and O–H groups in total. The van der Waals surface area contributed by atoms with Gasteiger partial charge in [-0.2, -0.15) is 0 Å². The van der Waals surface area contributed by atoms with Gasteiger partial charge in [-0.05, 0) is 50.5 Å². The van der Waals surface area contributed by atoms with Gasteiger partial charge in [0.1, 0.15) is 0 Å². The first-order chi connectivity index (χ1) is 7.60. The van der Waals surface area contributed by atoms with E-state index in [0.717, 1.165) is 25.7 Å². The topological polar surface area (TPSA) is 21.3 Å². The second-order valence-electron chi connectivity index (χ2n) is 5.69. The molecule has 0 spiro atoms. The van der Waals surface area contributed by atoms with E-state index in [1.807, 2.05) is 0 Å². The van der Waals surface area contributed by atoms with E-state index in [2.05, 4.69) is 33.0 Å². The molecule has 96 valence electrons. The van der Waals surface area contributed by atoms with Gasteiger partial charge in [0.2, 0.25) is 0 Å². The molecule has 1 atom stereocenters. The Morgan fingerprint density at radius 1 is 1.19 bits per heavy atom. The van der Waals surface area contributed by atoms with Crippen LogP contribution in [-0.2, 0) is 4.74 Å². The first-order valence-electron chi connectivity index (χ1n) is 6.92. The van der Waals surface area contributed by atoms with Crippen LogP contribution in [0.4, 0.5) is 0 Å². The van der Waals surface area contributed by atoms with Gasteiger partial charge in [0, 0.05) is 19.3 Å². The Kier molecular flexibility index (Phi) is 5.77. The second-order valence-corrected chi connectivity index (χ2v) is 5.69. The largest absolute Gasteiger partial charge is 0.381 e. The monoisotopic (exact) mass is 227 g/mol. The van der Waals surface area contributed by atoms with E-state index in [1.54, 1.807) is 0 Å². The highest BCUT2D eigenvalue weighted by Gasteiger charge is 2.46. The first kappa shape index (κ1) is 14.0. The maximum atomic E-state index is 5.72. The van der Waals surface area contributed by atoms with Crippen LogP contribution in [0, 0.1) is 11.3 Å². The Morgan fingerprint density at radius 3 is 2.38 bits per heavy atom. The molecule has 1 aliphatic rings. The van der Waals surface area contributed by atoms with Crippen molar-refractivity contribution in [3.05, 3.63) is 0 Å². The van der Waals surface area contributed by atoms with Crippen molar-refractivity contribution in [1.82, 2.24) is 5.32 Å². The highest BCUT2D eigenvalue weighted by Crippen LogP contribution is 2.51. The molecule has 0 heterocycles. The third kappa shape index (κ3) is 4.42. The van der Waals surface area contributed by atoms with E-state index >= 15 is 0 Å². The van der Waals surface area contributed by atoms with Gasteiger partial charge in [-0.15, -0.1) is 0 Å². The zero-order chi connectivity index (χ0) is 12.0. The van der Waals surface area contributed by atoms with Gasteiger partial charge in [-0.1, -0.05) is 20.8 Å². The van der Waals surface area contributed by atoms with Gasteiger partial charge in [0.25, 0.3) is 0 Å². The van der Waals surface area contributed by atoms with Crippen LogP contribution in [0.15, 0.2) is 0 Å². The van der Waals surface area contributed by atoms with E-state index in [0.29, 0.717) is 11.5 Å². The van der Waals surface area contributed by atoms with Crippen molar-refractivity contribution in [1.29, 1.82) is 0 Å². The Labute approximate surface area is 101 Å². The van der Waals surface area contributed by atoms with E-state index in [1.165, 1.54) is 25.7 Å². The maximum Gasteiger partial charge on any atom is 0.0471 e. The smallest absolute Gasteiger partial charge is 0.0471 e. The summed E-state index contributed by atoms with van der Waals surface area (Å²) < 4.78 is 5.72. The number of hydrogen-bond donors (Lipinski definition) is 1. The predicted molar refractivity (Wildman–Crippen MR) is 69.7 cm³/mol. The zero-order valence-corrected chi connectivity index (χ0v) is 11.5. The van der Waals surface area contributed by atoms with Gasteiger partial charge in [0.15, 0.2) is 0 Å². The minimum absolute atomic E-state index is 0.563. The van der Waals surface area contributed by atoms with Crippen LogP contribution in [-0.4, -0.2) is 25.8 Å². The fraction of sp³-hybridized carbons (Fsp3) is 1.00. The molecule has 1 saturated carbocycles. The molecule has 1 fully saturated rings. The number of nitrogens with one attached hydrogen (secondary N) is 1. The molecule has 0 aromatic carbocycles. The molecule has 0 saturated heterocycles. The van der Waals surface area contributed by atoms with Crippen molar-refractivity contribution >= 4 is 0 Å². The van der Waals surface area contributed by atoms with Gasteiger partial charge in [-0.25, -0.2) is 0 Å². The fourth-order valence-corrected chi connectivity index (χ4v) is 2.28. The Bertz CT molecular complexity index is 187. The zero-order valence-electron chi connectivity index (χ0n) is 11.5. The highest BCUT2D eigenvalue weighted by atomic mass is 16.5. The van der Waals surface area contributed by atoms with Crippen molar-refractivity contribution in [3.63, 3.8) is 0 Å². The van der Waals surface area contributed by atoms with Gasteiger partial charge in [-0.3, -0.25) is 0 Å².